The van der Waals surface area contributed by atoms with Crippen LogP contribution in [0.3, 0.4) is 0 Å². The van der Waals surface area contributed by atoms with Crippen molar-refractivity contribution in [2.24, 2.45) is 7.05 Å². The normalized spacial score (nSPS) is 12.2. The summed E-state index contributed by atoms with van der Waals surface area (Å²) in [5.74, 6) is 0.809. The zero-order chi connectivity index (χ0) is 20.5. The van der Waals surface area contributed by atoms with Gasteiger partial charge in [-0.05, 0) is 49.4 Å². The number of rotatable bonds is 6. The standard InChI is InChI=1S/C21H20N4O4/c1-13(26)20-23-17-11-15(5-8-18(17)24(20)2)25-10-9-22-21(25)14-3-6-16(7-4-14)29-12-19(27)28/h3-11,13,26H,12H2,1-2H3,(H,27,28). The van der Waals surface area contributed by atoms with Crippen molar-refractivity contribution in [2.45, 2.75) is 13.0 Å². The molecule has 2 heterocycles. The number of imidazole rings is 2. The molecule has 8 heteroatoms. The molecule has 0 saturated heterocycles. The molecule has 1 atom stereocenters. The second-order valence-electron chi connectivity index (χ2n) is 6.71. The third-order valence-electron chi connectivity index (χ3n) is 4.67. The van der Waals surface area contributed by atoms with E-state index in [2.05, 4.69) is 9.97 Å². The van der Waals surface area contributed by atoms with Crippen LogP contribution in [-0.4, -0.2) is 41.9 Å². The number of fused-ring (bicyclic) bond motifs is 1. The molecule has 0 aliphatic carbocycles. The van der Waals surface area contributed by atoms with Crippen LogP contribution in [0.5, 0.6) is 5.75 Å². The van der Waals surface area contributed by atoms with Crippen molar-refractivity contribution in [1.29, 1.82) is 0 Å². The molecule has 0 aliphatic rings. The fourth-order valence-electron chi connectivity index (χ4n) is 3.30. The molecule has 4 rings (SSSR count). The second-order valence-corrected chi connectivity index (χ2v) is 6.71. The first-order chi connectivity index (χ1) is 13.9. The molecule has 0 fully saturated rings. The third-order valence-corrected chi connectivity index (χ3v) is 4.67. The lowest BCUT2D eigenvalue weighted by molar-refractivity contribution is -0.139. The SMILES string of the molecule is CC(O)c1nc2cc(-n3ccnc3-c3ccc(OCC(=O)O)cc3)ccc2n1C. The summed E-state index contributed by atoms with van der Waals surface area (Å²) < 4.78 is 9.01. The van der Waals surface area contributed by atoms with Crippen LogP contribution < -0.4 is 4.74 Å². The van der Waals surface area contributed by atoms with E-state index in [0.29, 0.717) is 11.6 Å². The molecule has 1 unspecified atom stereocenters. The number of aliphatic hydroxyl groups excluding tert-OH is 1. The largest absolute Gasteiger partial charge is 0.482 e. The maximum absolute atomic E-state index is 10.6. The van der Waals surface area contributed by atoms with Gasteiger partial charge >= 0.3 is 5.97 Å². The molecule has 8 nitrogen and oxygen atoms in total. The van der Waals surface area contributed by atoms with Crippen LogP contribution in [0.25, 0.3) is 28.1 Å². The number of hydrogen-bond acceptors (Lipinski definition) is 5. The molecule has 2 aromatic heterocycles. The Bertz CT molecular complexity index is 1180. The number of carbonyl (C=O) groups is 1. The highest BCUT2D eigenvalue weighted by Crippen LogP contribution is 2.27. The van der Waals surface area contributed by atoms with Gasteiger partial charge in [-0.3, -0.25) is 4.57 Å². The lowest BCUT2D eigenvalue weighted by Crippen LogP contribution is -2.09. The highest BCUT2D eigenvalue weighted by molar-refractivity contribution is 5.79. The Hall–Kier alpha value is -3.65. The summed E-state index contributed by atoms with van der Waals surface area (Å²) in [6.07, 6.45) is 2.93. The Morgan fingerprint density at radius 2 is 1.97 bits per heavy atom. The number of ether oxygens (including phenoxy) is 1. The molecule has 0 spiro atoms. The van der Waals surface area contributed by atoms with Crippen molar-refractivity contribution >= 4 is 17.0 Å². The average molecular weight is 392 g/mol. The first-order valence-electron chi connectivity index (χ1n) is 9.07. The zero-order valence-corrected chi connectivity index (χ0v) is 16.0. The van der Waals surface area contributed by atoms with Crippen LogP contribution in [0.1, 0.15) is 18.9 Å². The maximum atomic E-state index is 10.6. The van der Waals surface area contributed by atoms with Crippen LogP contribution in [0, 0.1) is 0 Å². The van der Waals surface area contributed by atoms with Gasteiger partial charge < -0.3 is 19.5 Å². The number of carboxylic acid groups (broad SMARTS) is 1. The maximum Gasteiger partial charge on any atom is 0.341 e. The Labute approximate surface area is 166 Å². The van der Waals surface area contributed by atoms with E-state index in [4.69, 9.17) is 9.84 Å². The summed E-state index contributed by atoms with van der Waals surface area (Å²) >= 11 is 0. The van der Waals surface area contributed by atoms with Gasteiger partial charge in [0.15, 0.2) is 6.61 Å². The summed E-state index contributed by atoms with van der Waals surface area (Å²) in [5.41, 5.74) is 3.49. The zero-order valence-electron chi connectivity index (χ0n) is 16.0. The quantitative estimate of drug-likeness (QED) is 0.523. The van der Waals surface area contributed by atoms with Crippen LogP contribution in [0.4, 0.5) is 0 Å². The van der Waals surface area contributed by atoms with E-state index in [1.54, 1.807) is 25.3 Å². The topological polar surface area (TPSA) is 102 Å². The predicted molar refractivity (Wildman–Crippen MR) is 107 cm³/mol. The monoisotopic (exact) mass is 392 g/mol. The number of nitrogens with zero attached hydrogens (tertiary/aromatic N) is 4. The van der Waals surface area contributed by atoms with Gasteiger partial charge in [0.05, 0.1) is 11.0 Å². The van der Waals surface area contributed by atoms with Gasteiger partial charge in [-0.1, -0.05) is 0 Å². The average Bonchev–Trinajstić information content (AvgIpc) is 3.31. The minimum absolute atomic E-state index is 0.382. The van der Waals surface area contributed by atoms with Crippen molar-refractivity contribution in [1.82, 2.24) is 19.1 Å². The number of aliphatic carboxylic acids is 1. The number of benzene rings is 2. The van der Waals surface area contributed by atoms with Crippen molar-refractivity contribution in [3.05, 3.63) is 60.7 Å². The van der Waals surface area contributed by atoms with Gasteiger partial charge in [0.1, 0.15) is 23.5 Å². The van der Waals surface area contributed by atoms with Gasteiger partial charge in [0.2, 0.25) is 0 Å². The minimum atomic E-state index is -1.02. The fraction of sp³-hybridized carbons (Fsp3) is 0.190. The van der Waals surface area contributed by atoms with Crippen molar-refractivity contribution in [3.8, 4) is 22.8 Å². The minimum Gasteiger partial charge on any atom is -0.482 e. The Morgan fingerprint density at radius 3 is 2.66 bits per heavy atom. The third kappa shape index (κ3) is 3.57. The molecule has 0 radical (unpaired) electrons. The Balaban J connectivity index is 1.68. The predicted octanol–water partition coefficient (Wildman–Crippen LogP) is 2.94. The van der Waals surface area contributed by atoms with E-state index in [1.807, 2.05) is 52.7 Å². The van der Waals surface area contributed by atoms with Crippen LogP contribution in [0.15, 0.2) is 54.9 Å². The van der Waals surface area contributed by atoms with Gasteiger partial charge in [-0.15, -0.1) is 0 Å². The van der Waals surface area contributed by atoms with Crippen LogP contribution >= 0.6 is 0 Å². The van der Waals surface area contributed by atoms with Gasteiger partial charge in [-0.2, -0.15) is 0 Å². The number of aliphatic hydroxyl groups is 1. The molecule has 0 amide bonds. The van der Waals surface area contributed by atoms with E-state index in [-0.39, 0.29) is 6.61 Å². The van der Waals surface area contributed by atoms with Crippen molar-refractivity contribution in [2.75, 3.05) is 6.61 Å². The molecule has 29 heavy (non-hydrogen) atoms. The van der Waals surface area contributed by atoms with Crippen molar-refractivity contribution in [3.63, 3.8) is 0 Å². The van der Waals surface area contributed by atoms with Crippen molar-refractivity contribution < 1.29 is 19.7 Å². The molecule has 0 bridgehead atoms. The molecule has 2 aromatic carbocycles. The van der Waals surface area contributed by atoms with Crippen LogP contribution in [0.2, 0.25) is 0 Å². The van der Waals surface area contributed by atoms with Gasteiger partial charge in [0.25, 0.3) is 0 Å². The van der Waals surface area contributed by atoms with E-state index in [0.717, 1.165) is 28.1 Å². The molecule has 4 aromatic rings. The number of aryl methyl sites for hydroxylation is 1. The lowest BCUT2D eigenvalue weighted by atomic mass is 10.2. The first kappa shape index (κ1) is 18.7. The fourth-order valence-corrected chi connectivity index (χ4v) is 3.30. The second kappa shape index (κ2) is 7.40. The summed E-state index contributed by atoms with van der Waals surface area (Å²) in [7, 11) is 1.88. The lowest BCUT2D eigenvalue weighted by Gasteiger charge is -2.09. The Kier molecular flexibility index (Phi) is 4.77. The highest BCUT2D eigenvalue weighted by atomic mass is 16.5. The number of aromatic nitrogens is 4. The molecular formula is C21H20N4O4. The van der Waals surface area contributed by atoms with Gasteiger partial charge in [0, 0.05) is 30.7 Å². The highest BCUT2D eigenvalue weighted by Gasteiger charge is 2.14. The number of carboxylic acids is 1. The smallest absolute Gasteiger partial charge is 0.341 e. The molecule has 148 valence electrons. The molecular weight excluding hydrogens is 372 g/mol. The van der Waals surface area contributed by atoms with E-state index in [1.165, 1.54) is 0 Å². The van der Waals surface area contributed by atoms with Gasteiger partial charge in [-0.25, -0.2) is 14.8 Å². The molecule has 0 saturated carbocycles. The molecule has 0 aliphatic heterocycles. The summed E-state index contributed by atoms with van der Waals surface area (Å²) in [6.45, 7) is 1.31. The van der Waals surface area contributed by atoms with Crippen LogP contribution in [-0.2, 0) is 11.8 Å². The van der Waals surface area contributed by atoms with E-state index >= 15 is 0 Å². The summed E-state index contributed by atoms with van der Waals surface area (Å²) in [6, 6.07) is 13.0. The number of hydrogen-bond donors (Lipinski definition) is 2. The Morgan fingerprint density at radius 1 is 1.21 bits per heavy atom. The summed E-state index contributed by atoms with van der Waals surface area (Å²) in [5, 5.41) is 18.6. The molecule has 2 N–H and O–H groups in total. The first-order valence-corrected chi connectivity index (χ1v) is 9.07. The summed E-state index contributed by atoms with van der Waals surface area (Å²) in [4.78, 5) is 19.6. The van der Waals surface area contributed by atoms with E-state index in [9.17, 15) is 9.90 Å². The van der Waals surface area contributed by atoms with E-state index < -0.39 is 12.1 Å².